The fourth-order valence-electron chi connectivity index (χ4n) is 3.33. The highest BCUT2D eigenvalue weighted by Gasteiger charge is 2.30. The van der Waals surface area contributed by atoms with E-state index in [2.05, 4.69) is 10.1 Å². The summed E-state index contributed by atoms with van der Waals surface area (Å²) in [5.74, 6) is 0.535. The number of pyridine rings is 1. The molecule has 3 aromatic heterocycles. The molecule has 0 aliphatic heterocycles. The average Bonchev–Trinajstić information content (AvgIpc) is 3.21. The third-order valence-corrected chi connectivity index (χ3v) is 4.98. The van der Waals surface area contributed by atoms with E-state index >= 15 is 0 Å². The molecule has 0 aromatic carbocycles. The fraction of sp³-hybridized carbons (Fsp3) is 0.429. The second-order valence-corrected chi connectivity index (χ2v) is 7.23. The van der Waals surface area contributed by atoms with Crippen LogP contribution in [0.4, 0.5) is 0 Å². The number of fused-ring (bicyclic) bond motifs is 1. The molecule has 0 radical (unpaired) electrons. The van der Waals surface area contributed by atoms with E-state index in [1.165, 1.54) is 0 Å². The Bertz CT molecular complexity index is 1020. The van der Waals surface area contributed by atoms with Crippen LogP contribution in [0, 0.1) is 12.8 Å². The molecular formula is C21H23N3O5. The van der Waals surface area contributed by atoms with Crippen molar-refractivity contribution in [1.29, 1.82) is 0 Å². The number of aromatic nitrogens is 2. The monoisotopic (exact) mass is 397 g/mol. The Morgan fingerprint density at radius 1 is 1.34 bits per heavy atom. The zero-order valence-corrected chi connectivity index (χ0v) is 16.5. The summed E-state index contributed by atoms with van der Waals surface area (Å²) in [5, 5.41) is 4.56. The van der Waals surface area contributed by atoms with Gasteiger partial charge in [-0.05, 0) is 50.8 Å². The van der Waals surface area contributed by atoms with Gasteiger partial charge in [0.15, 0.2) is 5.76 Å². The topological polar surface area (TPSA) is 98.7 Å². The highest BCUT2D eigenvalue weighted by molar-refractivity contribution is 6.07. The van der Waals surface area contributed by atoms with Crippen molar-refractivity contribution in [2.45, 2.75) is 33.1 Å². The van der Waals surface area contributed by atoms with Crippen LogP contribution in [0.1, 0.15) is 42.2 Å². The van der Waals surface area contributed by atoms with Gasteiger partial charge in [0.05, 0.1) is 35.9 Å². The zero-order chi connectivity index (χ0) is 20.4. The number of hydrogen-bond donors (Lipinski definition) is 0. The number of ether oxygens (including phenoxy) is 1. The molecule has 1 aliphatic carbocycles. The minimum Gasteiger partial charge on any atom is -0.466 e. The zero-order valence-electron chi connectivity index (χ0n) is 16.5. The maximum atomic E-state index is 13.5. The summed E-state index contributed by atoms with van der Waals surface area (Å²) in [4.78, 5) is 31.5. The molecule has 1 saturated carbocycles. The molecule has 8 nitrogen and oxygen atoms in total. The Morgan fingerprint density at radius 3 is 2.86 bits per heavy atom. The Balaban J connectivity index is 1.68. The van der Waals surface area contributed by atoms with Crippen LogP contribution < -0.4 is 0 Å². The molecule has 8 heteroatoms. The van der Waals surface area contributed by atoms with Gasteiger partial charge in [-0.2, -0.15) is 0 Å². The van der Waals surface area contributed by atoms with Gasteiger partial charge in [0.1, 0.15) is 5.69 Å². The van der Waals surface area contributed by atoms with Crippen molar-refractivity contribution in [3.8, 4) is 11.5 Å². The van der Waals surface area contributed by atoms with Crippen LogP contribution in [0.25, 0.3) is 22.6 Å². The standard InChI is InChI=1S/C21H23N3O5/c1-3-27-18(25)8-9-24(12-14-6-7-14)21(26)15-11-16(17-5-4-10-28-17)22-20-19(15)13(2)23-29-20/h4-5,10-11,14H,3,6-9,12H2,1-2H3. The van der Waals surface area contributed by atoms with Crippen LogP contribution in [0.5, 0.6) is 0 Å². The van der Waals surface area contributed by atoms with Crippen molar-refractivity contribution in [3.05, 3.63) is 35.7 Å². The van der Waals surface area contributed by atoms with Crippen molar-refractivity contribution in [2.75, 3.05) is 19.7 Å². The molecule has 4 rings (SSSR count). The Hall–Kier alpha value is -3.16. The lowest BCUT2D eigenvalue weighted by Gasteiger charge is -2.23. The maximum Gasteiger partial charge on any atom is 0.307 e. The molecular weight excluding hydrogens is 374 g/mol. The minimum absolute atomic E-state index is 0.161. The quantitative estimate of drug-likeness (QED) is 0.536. The molecule has 3 aromatic rings. The molecule has 29 heavy (non-hydrogen) atoms. The van der Waals surface area contributed by atoms with E-state index in [4.69, 9.17) is 13.7 Å². The van der Waals surface area contributed by atoms with E-state index in [1.807, 2.05) is 0 Å². The largest absolute Gasteiger partial charge is 0.466 e. The van der Waals surface area contributed by atoms with Crippen LogP contribution in [0.2, 0.25) is 0 Å². The van der Waals surface area contributed by atoms with E-state index in [0.717, 1.165) is 12.8 Å². The van der Waals surface area contributed by atoms with Gasteiger partial charge in [-0.3, -0.25) is 9.59 Å². The predicted molar refractivity (Wildman–Crippen MR) is 104 cm³/mol. The molecule has 0 atom stereocenters. The van der Waals surface area contributed by atoms with E-state index in [0.29, 0.717) is 53.7 Å². The first-order valence-electron chi connectivity index (χ1n) is 9.82. The molecule has 152 valence electrons. The number of esters is 1. The van der Waals surface area contributed by atoms with Gasteiger partial charge in [0.25, 0.3) is 11.6 Å². The number of nitrogens with zero attached hydrogens (tertiary/aromatic N) is 3. The fourth-order valence-corrected chi connectivity index (χ4v) is 3.33. The molecule has 0 spiro atoms. The summed E-state index contributed by atoms with van der Waals surface area (Å²) < 4.78 is 15.8. The predicted octanol–water partition coefficient (Wildman–Crippen LogP) is 3.60. The van der Waals surface area contributed by atoms with Crippen LogP contribution in [0.3, 0.4) is 0 Å². The van der Waals surface area contributed by atoms with Gasteiger partial charge in [-0.25, -0.2) is 4.98 Å². The van der Waals surface area contributed by atoms with E-state index < -0.39 is 0 Å². The van der Waals surface area contributed by atoms with E-state index in [1.54, 1.807) is 43.2 Å². The van der Waals surface area contributed by atoms with Crippen molar-refractivity contribution >= 4 is 23.0 Å². The maximum absolute atomic E-state index is 13.5. The van der Waals surface area contributed by atoms with Crippen molar-refractivity contribution in [2.24, 2.45) is 5.92 Å². The number of furan rings is 1. The SMILES string of the molecule is CCOC(=O)CCN(CC1CC1)C(=O)c1cc(-c2ccco2)nc2onc(C)c12. The van der Waals surface area contributed by atoms with Crippen molar-refractivity contribution in [1.82, 2.24) is 15.0 Å². The average molecular weight is 397 g/mol. The number of hydrogen-bond acceptors (Lipinski definition) is 7. The Labute approximate surface area is 167 Å². The van der Waals surface area contributed by atoms with Gasteiger partial charge < -0.3 is 18.6 Å². The lowest BCUT2D eigenvalue weighted by molar-refractivity contribution is -0.143. The molecule has 1 amide bonds. The molecule has 0 unspecified atom stereocenters. The van der Waals surface area contributed by atoms with E-state index in [9.17, 15) is 9.59 Å². The highest BCUT2D eigenvalue weighted by Crippen LogP contribution is 2.32. The van der Waals surface area contributed by atoms with Crippen molar-refractivity contribution < 1.29 is 23.3 Å². The smallest absolute Gasteiger partial charge is 0.307 e. The number of carbonyl (C=O) groups excluding carboxylic acids is 2. The molecule has 3 heterocycles. The van der Waals surface area contributed by atoms with E-state index in [-0.39, 0.29) is 24.0 Å². The summed E-state index contributed by atoms with van der Waals surface area (Å²) >= 11 is 0. The van der Waals surface area contributed by atoms with Crippen LogP contribution >= 0.6 is 0 Å². The second kappa shape index (κ2) is 8.06. The van der Waals surface area contributed by atoms with Crippen LogP contribution in [0.15, 0.2) is 33.4 Å². The lowest BCUT2D eigenvalue weighted by Crippen LogP contribution is -2.35. The van der Waals surface area contributed by atoms with Gasteiger partial charge in [0, 0.05) is 13.1 Å². The second-order valence-electron chi connectivity index (χ2n) is 7.23. The number of carbonyl (C=O) groups is 2. The summed E-state index contributed by atoms with van der Waals surface area (Å²) in [7, 11) is 0. The first-order chi connectivity index (χ1) is 14.1. The summed E-state index contributed by atoms with van der Waals surface area (Å²) in [6.07, 6.45) is 3.90. The minimum atomic E-state index is -0.307. The van der Waals surface area contributed by atoms with Crippen molar-refractivity contribution in [3.63, 3.8) is 0 Å². The molecule has 0 bridgehead atoms. The summed E-state index contributed by atoms with van der Waals surface area (Å²) in [6, 6.07) is 5.24. The third-order valence-electron chi connectivity index (χ3n) is 4.98. The lowest BCUT2D eigenvalue weighted by atomic mass is 10.1. The summed E-state index contributed by atoms with van der Waals surface area (Å²) in [5.41, 5.74) is 1.83. The first kappa shape index (κ1) is 19.2. The third kappa shape index (κ3) is 4.16. The van der Waals surface area contributed by atoms with Gasteiger partial charge in [-0.1, -0.05) is 5.16 Å². The molecule has 0 saturated heterocycles. The normalized spacial score (nSPS) is 13.6. The van der Waals surface area contributed by atoms with Gasteiger partial charge in [-0.15, -0.1) is 0 Å². The summed E-state index contributed by atoms with van der Waals surface area (Å²) in [6.45, 7) is 4.79. The molecule has 1 aliphatic rings. The number of amides is 1. The van der Waals surface area contributed by atoms with Gasteiger partial charge >= 0.3 is 5.97 Å². The Morgan fingerprint density at radius 2 is 2.17 bits per heavy atom. The van der Waals surface area contributed by atoms with Gasteiger partial charge in [0.2, 0.25) is 0 Å². The van der Waals surface area contributed by atoms with Crippen LogP contribution in [-0.2, 0) is 9.53 Å². The molecule has 0 N–H and O–H groups in total. The highest BCUT2D eigenvalue weighted by atomic mass is 16.5. The Kier molecular flexibility index (Phi) is 5.33. The van der Waals surface area contributed by atoms with Crippen LogP contribution in [-0.4, -0.2) is 46.6 Å². The number of rotatable bonds is 8. The molecule has 1 fully saturated rings. The first-order valence-corrected chi connectivity index (χ1v) is 9.82. The number of aryl methyl sites for hydroxylation is 1.